The van der Waals surface area contributed by atoms with Crippen molar-refractivity contribution in [3.05, 3.63) is 68.3 Å². The van der Waals surface area contributed by atoms with Gasteiger partial charge in [-0.25, -0.2) is 13.2 Å². The summed E-state index contributed by atoms with van der Waals surface area (Å²) in [5, 5.41) is 55.0. The summed E-state index contributed by atoms with van der Waals surface area (Å²) < 4.78 is 41.6. The Morgan fingerprint density at radius 3 is 1.66 bits per heavy atom. The van der Waals surface area contributed by atoms with Crippen molar-refractivity contribution in [2.24, 2.45) is 0 Å². The highest BCUT2D eigenvalue weighted by molar-refractivity contribution is 5.81. The zero-order chi connectivity index (χ0) is 21.7. The van der Waals surface area contributed by atoms with Crippen molar-refractivity contribution >= 4 is 11.1 Å². The van der Waals surface area contributed by atoms with Crippen LogP contribution in [0.15, 0.2) is 18.2 Å². The molecule has 9 heteroatoms. The van der Waals surface area contributed by atoms with E-state index in [1.165, 1.54) is 18.2 Å². The fourth-order valence-corrected chi connectivity index (χ4v) is 2.62. The zero-order valence-electron chi connectivity index (χ0n) is 14.0. The van der Waals surface area contributed by atoms with Crippen molar-refractivity contribution < 1.29 is 13.2 Å². The van der Waals surface area contributed by atoms with Gasteiger partial charge in [0.15, 0.2) is 0 Å². The molecule has 134 valence electrons. The molecule has 0 saturated heterocycles. The van der Waals surface area contributed by atoms with E-state index in [0.717, 1.165) is 6.07 Å². The van der Waals surface area contributed by atoms with Crippen LogP contribution in [0.1, 0.15) is 22.3 Å². The zero-order valence-corrected chi connectivity index (χ0v) is 14.0. The van der Waals surface area contributed by atoms with Crippen LogP contribution in [0, 0.1) is 85.4 Å². The first-order valence-corrected chi connectivity index (χ1v) is 7.39. The van der Waals surface area contributed by atoms with Crippen LogP contribution in [0.5, 0.6) is 0 Å². The van der Waals surface area contributed by atoms with Crippen LogP contribution in [0.2, 0.25) is 0 Å². The van der Waals surface area contributed by atoms with Gasteiger partial charge in [-0.15, -0.1) is 0 Å². The molecule has 2 aromatic carbocycles. The smallest absolute Gasteiger partial charge is 0.139 e. The van der Waals surface area contributed by atoms with Crippen LogP contribution in [-0.2, 0) is 0 Å². The molecule has 0 fully saturated rings. The minimum atomic E-state index is -1.44. The van der Waals surface area contributed by atoms with Crippen molar-refractivity contribution in [1.82, 2.24) is 0 Å². The van der Waals surface area contributed by atoms with Crippen LogP contribution in [0.3, 0.4) is 0 Å². The Bertz CT molecular complexity index is 1410. The predicted octanol–water partition coefficient (Wildman–Crippen LogP) is 1.64. The summed E-state index contributed by atoms with van der Waals surface area (Å²) >= 11 is 0. The molecule has 0 aromatic heterocycles. The van der Waals surface area contributed by atoms with Crippen molar-refractivity contribution in [2.45, 2.75) is 0 Å². The van der Waals surface area contributed by atoms with Gasteiger partial charge in [0, 0.05) is 22.6 Å². The van der Waals surface area contributed by atoms with Crippen LogP contribution in [0.25, 0.3) is 11.1 Å². The van der Waals surface area contributed by atoms with E-state index >= 15 is 0 Å². The Morgan fingerprint density at radius 2 is 1.24 bits per heavy atom. The SMILES string of the molecule is N#CC(C#N)=c1c(C#N)c/c(=C(/C#N)c2c(F)cc(F)cc2F)c(C#N)c1C#N. The third kappa shape index (κ3) is 3.32. The molecule has 0 aliphatic carbocycles. The summed E-state index contributed by atoms with van der Waals surface area (Å²) in [6.45, 7) is 0. The lowest BCUT2D eigenvalue weighted by molar-refractivity contribution is 0.539. The molecular weight excluding hydrogens is 381 g/mol. The lowest BCUT2D eigenvalue weighted by atomic mass is 9.92. The van der Waals surface area contributed by atoms with Crippen molar-refractivity contribution in [2.75, 3.05) is 0 Å². The van der Waals surface area contributed by atoms with E-state index in [1.807, 2.05) is 0 Å². The van der Waals surface area contributed by atoms with Crippen LogP contribution < -0.4 is 10.4 Å². The molecule has 6 nitrogen and oxygen atoms in total. The molecule has 0 atom stereocenters. The molecule has 0 radical (unpaired) electrons. The van der Waals surface area contributed by atoms with Gasteiger partial charge in [0.2, 0.25) is 0 Å². The van der Waals surface area contributed by atoms with Crippen molar-refractivity contribution in [3.8, 4) is 36.4 Å². The predicted molar refractivity (Wildman–Crippen MR) is 88.9 cm³/mol. The first-order chi connectivity index (χ1) is 13.9. The van der Waals surface area contributed by atoms with Gasteiger partial charge in [0.1, 0.15) is 53.4 Å². The Hall–Kier alpha value is -5.09. The van der Waals surface area contributed by atoms with Gasteiger partial charge in [-0.2, -0.15) is 31.6 Å². The van der Waals surface area contributed by atoms with Crippen LogP contribution >= 0.6 is 0 Å². The standard InChI is InChI=1S/C20H3F3N6/c21-12-2-17(22)20(18(23)3-12)15(8-28)13-1-10(4-24)19(11(5-25)6-26)16(9-29)14(13)7-27/h1-3H/b15-13+. The molecule has 0 saturated carbocycles. The molecule has 0 heterocycles. The van der Waals surface area contributed by atoms with Gasteiger partial charge < -0.3 is 0 Å². The molecule has 0 unspecified atom stereocenters. The van der Waals surface area contributed by atoms with Gasteiger partial charge in [-0.05, 0) is 6.07 Å². The Morgan fingerprint density at radius 1 is 0.690 bits per heavy atom. The third-order valence-corrected chi connectivity index (χ3v) is 3.78. The summed E-state index contributed by atoms with van der Waals surface area (Å²) in [6, 6.07) is 10.8. The lowest BCUT2D eigenvalue weighted by Gasteiger charge is -2.07. The Balaban J connectivity index is 3.35. The van der Waals surface area contributed by atoms with E-state index in [-0.39, 0.29) is 0 Å². The largest absolute Gasteiger partial charge is 0.207 e. The molecule has 0 aliphatic rings. The summed E-state index contributed by atoms with van der Waals surface area (Å²) in [6.07, 6.45) is 0. The molecular formula is C20H3F3N6. The van der Waals surface area contributed by atoms with Crippen molar-refractivity contribution in [3.63, 3.8) is 0 Å². The molecule has 29 heavy (non-hydrogen) atoms. The van der Waals surface area contributed by atoms with E-state index in [1.54, 1.807) is 18.2 Å². The van der Waals surface area contributed by atoms with Gasteiger partial charge in [0.25, 0.3) is 0 Å². The highest BCUT2D eigenvalue weighted by atomic mass is 19.1. The molecule has 0 N–H and O–H groups in total. The number of hydrogen-bond acceptors (Lipinski definition) is 6. The first-order valence-electron chi connectivity index (χ1n) is 7.39. The summed E-state index contributed by atoms with van der Waals surface area (Å²) in [4.78, 5) is 0. The van der Waals surface area contributed by atoms with E-state index in [4.69, 9.17) is 10.5 Å². The van der Waals surface area contributed by atoms with E-state index in [0.29, 0.717) is 12.1 Å². The highest BCUT2D eigenvalue weighted by Gasteiger charge is 2.21. The molecule has 0 amide bonds. The minimum Gasteiger partial charge on any atom is -0.207 e. The normalized spacial score (nSPS) is 10.2. The lowest BCUT2D eigenvalue weighted by Crippen LogP contribution is -2.26. The number of benzene rings is 2. The van der Waals surface area contributed by atoms with Gasteiger partial charge in [-0.3, -0.25) is 0 Å². The van der Waals surface area contributed by atoms with Crippen LogP contribution in [-0.4, -0.2) is 0 Å². The van der Waals surface area contributed by atoms with E-state index in [2.05, 4.69) is 0 Å². The topological polar surface area (TPSA) is 143 Å². The van der Waals surface area contributed by atoms with E-state index < -0.39 is 61.3 Å². The summed E-state index contributed by atoms with van der Waals surface area (Å²) in [5.74, 6) is -4.12. The maximum absolute atomic E-state index is 14.2. The monoisotopic (exact) mass is 384 g/mol. The molecule has 0 spiro atoms. The minimum absolute atomic E-state index is 0.323. The fraction of sp³-hybridized carbons (Fsp3) is 0. The Labute approximate surface area is 161 Å². The number of rotatable bonds is 1. The number of halogens is 3. The highest BCUT2D eigenvalue weighted by Crippen LogP contribution is 2.21. The molecule has 0 bridgehead atoms. The van der Waals surface area contributed by atoms with E-state index in [9.17, 15) is 34.2 Å². The number of hydrogen-bond donors (Lipinski definition) is 0. The second-order valence-electron chi connectivity index (χ2n) is 5.26. The molecule has 2 rings (SSSR count). The van der Waals surface area contributed by atoms with Crippen molar-refractivity contribution in [1.29, 1.82) is 31.6 Å². The third-order valence-electron chi connectivity index (χ3n) is 3.78. The average molecular weight is 384 g/mol. The maximum atomic E-state index is 14.2. The second kappa shape index (κ2) is 8.07. The first kappa shape index (κ1) is 20.2. The fourth-order valence-electron chi connectivity index (χ4n) is 2.62. The van der Waals surface area contributed by atoms with Crippen LogP contribution in [0.4, 0.5) is 13.2 Å². The molecule has 0 aliphatic heterocycles. The summed E-state index contributed by atoms with van der Waals surface area (Å²) in [5.41, 5.74) is -3.98. The Kier molecular flexibility index (Phi) is 5.63. The number of nitriles is 6. The van der Waals surface area contributed by atoms with Gasteiger partial charge >= 0.3 is 0 Å². The quantitative estimate of drug-likeness (QED) is 0.731. The number of nitrogens with zero attached hydrogens (tertiary/aromatic N) is 6. The van der Waals surface area contributed by atoms with Gasteiger partial charge in [0.05, 0.1) is 33.9 Å². The average Bonchev–Trinajstić information content (AvgIpc) is 2.70. The second-order valence-corrected chi connectivity index (χ2v) is 5.26. The maximum Gasteiger partial charge on any atom is 0.139 e. The summed E-state index contributed by atoms with van der Waals surface area (Å²) in [7, 11) is 0. The molecule has 2 aromatic rings. The van der Waals surface area contributed by atoms with Gasteiger partial charge in [-0.1, -0.05) is 0 Å².